The van der Waals surface area contributed by atoms with Crippen LogP contribution in [0, 0.1) is 29.7 Å². The zero-order chi connectivity index (χ0) is 26.6. The van der Waals surface area contributed by atoms with Crippen molar-refractivity contribution in [1.82, 2.24) is 4.98 Å². The Labute approximate surface area is 242 Å². The molecule has 5 rings (SSSR count). The molecule has 2 aliphatic rings. The van der Waals surface area contributed by atoms with Crippen LogP contribution in [0.15, 0.2) is 66.1 Å². The number of benzene rings is 2. The Morgan fingerprint density at radius 2 is 1.53 bits per heavy atom. The third-order valence-electron chi connectivity index (χ3n) is 9.41. The molecule has 2 aromatic carbocycles. The standard InChI is InChI=1S/C18H30O2.C16H12N.Ir/c1-5-17(6-2)11-9-13-10-12-18(7-3,8-4)16(20)14(13)15(17)19;1-12-5-4-8-14(9-12)16-10-13-6-2-3-7-15(13)11-17-16;/h13,19H,5-12H2,1-4H3;2-7,9-11H,1H3;/q;-1;. The number of nitrogens with zero attached hydrogens (tertiary/aromatic N) is 1. The Morgan fingerprint density at radius 3 is 2.13 bits per heavy atom. The largest absolute Gasteiger partial charge is 0.511 e. The summed E-state index contributed by atoms with van der Waals surface area (Å²) in [6.07, 6.45) is 9.79. The second-order valence-corrected chi connectivity index (χ2v) is 11.0. The predicted octanol–water partition coefficient (Wildman–Crippen LogP) is 9.19. The Kier molecular flexibility index (Phi) is 10.1. The monoisotopic (exact) mass is 689 g/mol. The summed E-state index contributed by atoms with van der Waals surface area (Å²) in [7, 11) is 0. The first kappa shape index (κ1) is 30.3. The minimum absolute atomic E-state index is 0. The molecule has 1 radical (unpaired) electrons. The number of aromatic nitrogens is 1. The van der Waals surface area contributed by atoms with E-state index in [-0.39, 0.29) is 36.7 Å². The van der Waals surface area contributed by atoms with Crippen LogP contribution in [0.2, 0.25) is 0 Å². The van der Waals surface area contributed by atoms with E-state index in [1.54, 1.807) is 0 Å². The van der Waals surface area contributed by atoms with Gasteiger partial charge in [-0.15, -0.1) is 35.4 Å². The number of carbonyl (C=O) groups excluding carboxylic acids is 1. The molecule has 1 atom stereocenters. The Balaban J connectivity index is 0.000000207. The maximum absolute atomic E-state index is 13.1. The number of aryl methyl sites for hydroxylation is 1. The molecule has 1 heterocycles. The molecule has 1 aromatic heterocycles. The molecule has 3 aromatic rings. The molecule has 0 spiro atoms. The topological polar surface area (TPSA) is 50.2 Å². The Hall–Kier alpha value is -2.29. The first-order valence-corrected chi connectivity index (χ1v) is 14.1. The number of carbonyl (C=O) groups is 1. The van der Waals surface area contributed by atoms with Crippen LogP contribution in [0.4, 0.5) is 0 Å². The van der Waals surface area contributed by atoms with Gasteiger partial charge in [0, 0.05) is 42.7 Å². The van der Waals surface area contributed by atoms with Gasteiger partial charge >= 0.3 is 0 Å². The van der Waals surface area contributed by atoms with Crippen LogP contribution in [-0.2, 0) is 24.9 Å². The number of hydrogen-bond acceptors (Lipinski definition) is 3. The normalized spacial score (nSPS) is 19.7. The Morgan fingerprint density at radius 1 is 0.921 bits per heavy atom. The molecule has 205 valence electrons. The van der Waals surface area contributed by atoms with Gasteiger partial charge in [-0.1, -0.05) is 65.0 Å². The number of allylic oxidation sites excluding steroid dienone is 2. The first-order chi connectivity index (χ1) is 17.8. The molecule has 1 N–H and O–H groups in total. The summed E-state index contributed by atoms with van der Waals surface area (Å²) in [5.41, 5.74) is 3.74. The molecule has 2 aliphatic carbocycles. The molecule has 1 saturated carbocycles. The minimum Gasteiger partial charge on any atom is -0.511 e. The molecular formula is C34H42IrNO2-. The summed E-state index contributed by atoms with van der Waals surface area (Å²) in [5, 5.41) is 13.3. The van der Waals surface area contributed by atoms with Gasteiger partial charge in [-0.25, -0.2) is 0 Å². The number of hydrogen-bond donors (Lipinski definition) is 1. The van der Waals surface area contributed by atoms with Crippen molar-refractivity contribution >= 4 is 16.6 Å². The van der Waals surface area contributed by atoms with Crippen molar-refractivity contribution in [2.45, 2.75) is 86.0 Å². The van der Waals surface area contributed by atoms with Gasteiger partial charge in [-0.3, -0.25) is 4.79 Å². The summed E-state index contributed by atoms with van der Waals surface area (Å²) in [6.45, 7) is 10.6. The minimum atomic E-state index is -0.204. The second kappa shape index (κ2) is 12.7. The second-order valence-electron chi connectivity index (χ2n) is 11.0. The Bertz CT molecular complexity index is 1290. The van der Waals surface area contributed by atoms with E-state index in [9.17, 15) is 9.90 Å². The van der Waals surface area contributed by atoms with E-state index in [4.69, 9.17) is 0 Å². The zero-order valence-corrected chi connectivity index (χ0v) is 26.0. The van der Waals surface area contributed by atoms with E-state index in [2.05, 4.69) is 69.9 Å². The first-order valence-electron chi connectivity index (χ1n) is 14.1. The van der Waals surface area contributed by atoms with Crippen molar-refractivity contribution in [1.29, 1.82) is 0 Å². The number of fused-ring (bicyclic) bond motifs is 2. The van der Waals surface area contributed by atoms with Crippen molar-refractivity contribution in [3.05, 3.63) is 77.7 Å². The van der Waals surface area contributed by atoms with Crippen LogP contribution in [0.25, 0.3) is 22.0 Å². The quantitative estimate of drug-likeness (QED) is 0.272. The van der Waals surface area contributed by atoms with Crippen molar-refractivity contribution in [3.63, 3.8) is 0 Å². The fourth-order valence-corrected chi connectivity index (χ4v) is 6.45. The predicted molar refractivity (Wildman–Crippen MR) is 153 cm³/mol. The van der Waals surface area contributed by atoms with E-state index in [0.29, 0.717) is 11.7 Å². The van der Waals surface area contributed by atoms with Crippen molar-refractivity contribution < 1.29 is 30.0 Å². The number of ketones is 1. The smallest absolute Gasteiger partial charge is 0.168 e. The summed E-state index contributed by atoms with van der Waals surface area (Å²) in [5.74, 6) is 1.04. The molecular weight excluding hydrogens is 647 g/mol. The van der Waals surface area contributed by atoms with Crippen molar-refractivity contribution in [2.75, 3.05) is 0 Å². The van der Waals surface area contributed by atoms with Gasteiger partial charge in [0.15, 0.2) is 5.78 Å². The SMILES string of the molecule is CCC1(CC)CCC2CCC(CC)(CC)C(O)=C2C1=O.Cc1cc[c-]c(-c2cc3ccccc3cn2)c1.[Ir]. The third-order valence-corrected chi connectivity index (χ3v) is 9.41. The molecule has 0 saturated heterocycles. The molecule has 38 heavy (non-hydrogen) atoms. The average Bonchev–Trinajstić information content (AvgIpc) is 2.94. The van der Waals surface area contributed by atoms with Crippen LogP contribution in [0.1, 0.15) is 84.6 Å². The van der Waals surface area contributed by atoms with Crippen LogP contribution < -0.4 is 0 Å². The van der Waals surface area contributed by atoms with Gasteiger partial charge in [-0.2, -0.15) is 0 Å². The number of rotatable bonds is 5. The summed E-state index contributed by atoms with van der Waals surface area (Å²) >= 11 is 0. The molecule has 3 nitrogen and oxygen atoms in total. The van der Waals surface area contributed by atoms with Gasteiger partial charge < -0.3 is 10.1 Å². The molecule has 0 amide bonds. The van der Waals surface area contributed by atoms with Crippen LogP contribution in [-0.4, -0.2) is 15.9 Å². The number of pyridine rings is 1. The van der Waals surface area contributed by atoms with E-state index in [1.165, 1.54) is 16.3 Å². The third kappa shape index (κ3) is 5.68. The maximum atomic E-state index is 13.1. The van der Waals surface area contributed by atoms with E-state index >= 15 is 0 Å². The number of aliphatic hydroxyl groups is 1. The number of Topliss-reactive ketones (excluding diaryl/α,β-unsaturated/α-hetero) is 1. The van der Waals surface area contributed by atoms with Gasteiger partial charge in [-0.05, 0) is 73.8 Å². The van der Waals surface area contributed by atoms with E-state index in [0.717, 1.165) is 68.2 Å². The summed E-state index contributed by atoms with van der Waals surface area (Å²) in [6, 6.07) is 19.7. The number of aliphatic hydroxyl groups excluding tert-OH is 1. The van der Waals surface area contributed by atoms with Gasteiger partial charge in [0.1, 0.15) is 5.76 Å². The molecule has 0 aliphatic heterocycles. The van der Waals surface area contributed by atoms with E-state index < -0.39 is 0 Å². The molecule has 1 unspecified atom stereocenters. The van der Waals surface area contributed by atoms with Gasteiger partial charge in [0.05, 0.1) is 0 Å². The van der Waals surface area contributed by atoms with Gasteiger partial charge in [0.2, 0.25) is 0 Å². The summed E-state index contributed by atoms with van der Waals surface area (Å²) < 4.78 is 0. The zero-order valence-electron chi connectivity index (χ0n) is 23.6. The van der Waals surface area contributed by atoms with E-state index in [1.807, 2.05) is 30.5 Å². The summed E-state index contributed by atoms with van der Waals surface area (Å²) in [4.78, 5) is 17.5. The van der Waals surface area contributed by atoms with Crippen molar-refractivity contribution in [3.8, 4) is 11.3 Å². The maximum Gasteiger partial charge on any atom is 0.168 e. The van der Waals surface area contributed by atoms with Crippen LogP contribution >= 0.6 is 0 Å². The average molecular weight is 689 g/mol. The molecule has 1 fully saturated rings. The molecule has 4 heteroatoms. The van der Waals surface area contributed by atoms with Crippen LogP contribution in [0.3, 0.4) is 0 Å². The van der Waals surface area contributed by atoms with Crippen molar-refractivity contribution in [2.24, 2.45) is 16.7 Å². The molecule has 0 bridgehead atoms. The fourth-order valence-electron chi connectivity index (χ4n) is 6.45. The van der Waals surface area contributed by atoms with Crippen LogP contribution in [0.5, 0.6) is 0 Å². The van der Waals surface area contributed by atoms with Gasteiger partial charge in [0.25, 0.3) is 0 Å². The fraction of sp³-hybridized carbons (Fsp3) is 0.471.